The molecule has 0 radical (unpaired) electrons. The van der Waals surface area contributed by atoms with Gasteiger partial charge in [-0.2, -0.15) is 52.7 Å². The minimum Gasteiger partial charge on any atom is -0.309 e. The van der Waals surface area contributed by atoms with Crippen LogP contribution in [0, 0.1) is 0 Å². The van der Waals surface area contributed by atoms with Gasteiger partial charge in [-0.1, -0.05) is 12.1 Å². The van der Waals surface area contributed by atoms with Gasteiger partial charge in [0.1, 0.15) is 11.0 Å². The lowest BCUT2D eigenvalue weighted by Gasteiger charge is -2.21. The summed E-state index contributed by atoms with van der Waals surface area (Å²) in [5.74, 6) is 0. The molecule has 3 heterocycles. The van der Waals surface area contributed by atoms with E-state index >= 15 is 0 Å². The number of fused-ring (bicyclic) bond motifs is 2. The highest BCUT2D eigenvalue weighted by atomic mass is 19.4. The van der Waals surface area contributed by atoms with Gasteiger partial charge in [0.2, 0.25) is 10.9 Å². The molecule has 5 rings (SSSR count). The highest BCUT2D eigenvalue weighted by Crippen LogP contribution is 2.45. The van der Waals surface area contributed by atoms with Crippen molar-refractivity contribution in [3.63, 3.8) is 0 Å². The molecular formula is C26H10F12N2O2. The summed E-state index contributed by atoms with van der Waals surface area (Å²) in [7, 11) is 0. The number of hydrogen-bond acceptors (Lipinski definition) is 2. The van der Waals surface area contributed by atoms with E-state index < -0.39 is 91.4 Å². The van der Waals surface area contributed by atoms with Gasteiger partial charge in [0, 0.05) is 35.7 Å². The summed E-state index contributed by atoms with van der Waals surface area (Å²) in [6, 6.07) is 2.34. The maximum Gasteiger partial charge on any atom is 0.417 e. The summed E-state index contributed by atoms with van der Waals surface area (Å²) >= 11 is 0. The number of alkyl halides is 12. The fourth-order valence-electron chi connectivity index (χ4n) is 4.73. The standard InChI is InChI=1S/C26H10F12N2O2/c27-23(28,29)11-1-3-13(15(9-11)25(33,34)35)19-21-17(41)6-8-40(21)20(22-18(42)5-7-39(19)22)14-4-2-12(24(30,31)32)10-16(14)26(36,37)38/h1-10H. The first-order valence-electron chi connectivity index (χ1n) is 11.3. The number of halogens is 12. The third-order valence-electron chi connectivity index (χ3n) is 6.44. The summed E-state index contributed by atoms with van der Waals surface area (Å²) in [6.45, 7) is 0. The third kappa shape index (κ3) is 4.63. The van der Waals surface area contributed by atoms with E-state index in [4.69, 9.17) is 0 Å². The molecule has 0 atom stereocenters. The largest absolute Gasteiger partial charge is 0.417 e. The Morgan fingerprint density at radius 2 is 0.786 bits per heavy atom. The fraction of sp³-hybridized carbons (Fsp3) is 0.154. The van der Waals surface area contributed by atoms with E-state index in [0.717, 1.165) is 12.4 Å². The highest BCUT2D eigenvalue weighted by Gasteiger charge is 2.41. The van der Waals surface area contributed by atoms with Crippen LogP contribution in [-0.2, 0) is 24.7 Å². The van der Waals surface area contributed by atoms with E-state index in [0.29, 0.717) is 33.1 Å². The van der Waals surface area contributed by atoms with E-state index in [2.05, 4.69) is 0 Å². The average molecular weight is 610 g/mol. The van der Waals surface area contributed by atoms with E-state index in [1.807, 2.05) is 0 Å². The normalized spacial score (nSPS) is 13.4. The SMILES string of the molecule is O=c1ccn2c(-c3ccc(C(F)(F)F)cc3C(F)(F)F)c3c(=O)ccn3c(-c3ccc(C(F)(F)F)cc3C(F)(F)F)c12. The molecule has 2 aromatic carbocycles. The van der Waals surface area contributed by atoms with E-state index in [1.165, 1.54) is 0 Å². The van der Waals surface area contributed by atoms with Gasteiger partial charge in [-0.05, 0) is 24.3 Å². The maximum atomic E-state index is 14.1. The van der Waals surface area contributed by atoms with Gasteiger partial charge >= 0.3 is 24.7 Å². The zero-order chi connectivity index (χ0) is 31.2. The van der Waals surface area contributed by atoms with Crippen LogP contribution >= 0.6 is 0 Å². The molecule has 0 aliphatic rings. The molecule has 5 aromatic rings. The molecule has 0 saturated carbocycles. The Kier molecular flexibility index (Phi) is 6.21. The van der Waals surface area contributed by atoms with Crippen LogP contribution in [0.2, 0.25) is 0 Å². The predicted molar refractivity (Wildman–Crippen MR) is 123 cm³/mol. The van der Waals surface area contributed by atoms with Gasteiger partial charge in [0.25, 0.3) is 0 Å². The van der Waals surface area contributed by atoms with Crippen LogP contribution in [0.5, 0.6) is 0 Å². The van der Waals surface area contributed by atoms with Crippen molar-refractivity contribution in [3.05, 3.63) is 104 Å². The molecule has 4 nitrogen and oxygen atoms in total. The second-order valence-electron chi connectivity index (χ2n) is 9.01. The lowest BCUT2D eigenvalue weighted by Crippen LogP contribution is -2.17. The van der Waals surface area contributed by atoms with Gasteiger partial charge in [-0.3, -0.25) is 9.59 Å². The molecule has 0 saturated heterocycles. The van der Waals surface area contributed by atoms with Crippen LogP contribution in [0.15, 0.2) is 70.5 Å². The van der Waals surface area contributed by atoms with Crippen LogP contribution in [-0.4, -0.2) is 8.80 Å². The molecule has 0 unspecified atom stereocenters. The third-order valence-corrected chi connectivity index (χ3v) is 6.44. The minimum atomic E-state index is -5.45. The second-order valence-corrected chi connectivity index (χ2v) is 9.01. The van der Waals surface area contributed by atoms with Crippen molar-refractivity contribution in [2.45, 2.75) is 24.7 Å². The molecular weight excluding hydrogens is 600 g/mol. The highest BCUT2D eigenvalue weighted by molar-refractivity contribution is 5.90. The van der Waals surface area contributed by atoms with Gasteiger partial charge in [-0.25, -0.2) is 0 Å². The second kappa shape index (κ2) is 9.00. The summed E-state index contributed by atoms with van der Waals surface area (Å²) in [6.07, 6.45) is -19.7. The zero-order valence-electron chi connectivity index (χ0n) is 20.0. The van der Waals surface area contributed by atoms with Crippen molar-refractivity contribution in [2.24, 2.45) is 0 Å². The van der Waals surface area contributed by atoms with Crippen LogP contribution in [0.3, 0.4) is 0 Å². The molecule has 0 aliphatic heterocycles. The number of benzene rings is 2. The Bertz CT molecular complexity index is 1830. The van der Waals surface area contributed by atoms with Gasteiger partial charge < -0.3 is 8.80 Å². The zero-order valence-corrected chi connectivity index (χ0v) is 20.0. The molecule has 0 N–H and O–H groups in total. The number of hydrogen-bond donors (Lipinski definition) is 0. The van der Waals surface area contributed by atoms with Gasteiger partial charge in [-0.15, -0.1) is 0 Å². The van der Waals surface area contributed by atoms with Crippen LogP contribution in [0.4, 0.5) is 52.7 Å². The number of nitrogens with zero attached hydrogens (tertiary/aromatic N) is 2. The minimum absolute atomic E-state index is 0.224. The van der Waals surface area contributed by atoms with Gasteiger partial charge in [0.05, 0.1) is 33.6 Å². The van der Waals surface area contributed by atoms with Crippen molar-refractivity contribution >= 4 is 11.0 Å². The summed E-state index contributed by atoms with van der Waals surface area (Å²) in [5, 5.41) is 0. The Hall–Kier alpha value is -4.50. The molecule has 0 fully saturated rings. The fourth-order valence-corrected chi connectivity index (χ4v) is 4.73. The first kappa shape index (κ1) is 29.0. The number of rotatable bonds is 2. The summed E-state index contributed by atoms with van der Waals surface area (Å²) in [5.41, 5.74) is -14.5. The quantitative estimate of drug-likeness (QED) is 0.192. The van der Waals surface area contributed by atoms with Crippen LogP contribution in [0.25, 0.3) is 33.5 Å². The predicted octanol–water partition coefficient (Wildman–Crippen LogP) is 7.76. The number of aromatic nitrogens is 2. The van der Waals surface area contributed by atoms with Crippen molar-refractivity contribution < 1.29 is 52.7 Å². The summed E-state index contributed by atoms with van der Waals surface area (Å²) < 4.78 is 165. The summed E-state index contributed by atoms with van der Waals surface area (Å²) in [4.78, 5) is 25.8. The Morgan fingerprint density at radius 1 is 0.452 bits per heavy atom. The van der Waals surface area contributed by atoms with Crippen molar-refractivity contribution in [1.82, 2.24) is 8.80 Å². The smallest absolute Gasteiger partial charge is 0.309 e. The Balaban J connectivity index is 1.98. The topological polar surface area (TPSA) is 43.0 Å². The van der Waals surface area contributed by atoms with Crippen molar-refractivity contribution in [3.8, 4) is 22.5 Å². The Morgan fingerprint density at radius 3 is 1.07 bits per heavy atom. The molecule has 0 aliphatic carbocycles. The molecule has 0 amide bonds. The Labute approximate surface area is 224 Å². The van der Waals surface area contributed by atoms with E-state index in [9.17, 15) is 62.3 Å². The molecule has 220 valence electrons. The maximum absolute atomic E-state index is 14.1. The average Bonchev–Trinajstić information content (AvgIpc) is 3.43. The van der Waals surface area contributed by atoms with Crippen molar-refractivity contribution in [1.29, 1.82) is 0 Å². The molecule has 42 heavy (non-hydrogen) atoms. The first-order valence-corrected chi connectivity index (χ1v) is 11.3. The van der Waals surface area contributed by atoms with E-state index in [-0.39, 0.29) is 24.3 Å². The molecule has 0 spiro atoms. The van der Waals surface area contributed by atoms with Gasteiger partial charge in [0.15, 0.2) is 0 Å². The first-order chi connectivity index (χ1) is 19.2. The monoisotopic (exact) mass is 610 g/mol. The van der Waals surface area contributed by atoms with Crippen LogP contribution < -0.4 is 10.9 Å². The van der Waals surface area contributed by atoms with Crippen LogP contribution in [0.1, 0.15) is 22.3 Å². The lowest BCUT2D eigenvalue weighted by molar-refractivity contribution is -0.144. The molecule has 16 heteroatoms. The lowest BCUT2D eigenvalue weighted by atomic mass is 9.97. The molecule has 0 bridgehead atoms. The van der Waals surface area contributed by atoms with Crippen molar-refractivity contribution in [2.75, 3.05) is 0 Å². The molecule has 3 aromatic heterocycles. The van der Waals surface area contributed by atoms with E-state index in [1.54, 1.807) is 0 Å².